The molecule has 2 aromatic carbocycles. The van der Waals surface area contributed by atoms with E-state index in [1.54, 1.807) is 10.9 Å². The summed E-state index contributed by atoms with van der Waals surface area (Å²) in [7, 11) is -0.677. The molecule has 0 nitrogen and oxygen atoms in total. The van der Waals surface area contributed by atoms with E-state index in [4.69, 9.17) is 0 Å². The zero-order chi connectivity index (χ0) is 16.1. The van der Waals surface area contributed by atoms with Gasteiger partial charge in [0, 0.05) is 10.3 Å². The van der Waals surface area contributed by atoms with Gasteiger partial charge in [0.25, 0.3) is 0 Å². The van der Waals surface area contributed by atoms with Crippen LogP contribution in [0.3, 0.4) is 0 Å². The second kappa shape index (κ2) is 5.24. The Morgan fingerprint density at radius 2 is 1.00 bits per heavy atom. The van der Waals surface area contributed by atoms with Crippen molar-refractivity contribution in [1.29, 1.82) is 0 Å². The van der Waals surface area contributed by atoms with Crippen LogP contribution in [0.4, 0.5) is 0 Å². The highest BCUT2D eigenvalue weighted by Gasteiger charge is 2.44. The smallest absolute Gasteiger partial charge is 0.133 e. The van der Waals surface area contributed by atoms with Crippen LogP contribution < -0.4 is 10.9 Å². The molecule has 0 saturated heterocycles. The van der Waals surface area contributed by atoms with Crippen LogP contribution in [0.15, 0.2) is 48.5 Å². The molecule has 0 bridgehead atoms. The van der Waals surface area contributed by atoms with Gasteiger partial charge in [-0.05, 0) is 41.5 Å². The maximum Gasteiger partial charge on any atom is 0.133 e. The van der Waals surface area contributed by atoms with Crippen LogP contribution in [-0.4, -0.2) is 16.7 Å². The molecule has 22 heavy (non-hydrogen) atoms. The van der Waals surface area contributed by atoms with Crippen molar-refractivity contribution in [3.8, 4) is 11.1 Å². The van der Waals surface area contributed by atoms with Gasteiger partial charge in [0.1, 0.15) is 6.43 Å². The molecule has 1 aliphatic rings. The van der Waals surface area contributed by atoms with Crippen LogP contribution >= 0.6 is 7.80 Å². The van der Waals surface area contributed by atoms with Crippen LogP contribution in [0.5, 0.6) is 0 Å². The average Bonchev–Trinajstić information content (AvgIpc) is 2.72. The highest BCUT2D eigenvalue weighted by molar-refractivity contribution is 7.96. The minimum Gasteiger partial charge on any atom is -0.182 e. The summed E-state index contributed by atoms with van der Waals surface area (Å²) in [6, 6.07) is 18.1. The van der Waals surface area contributed by atoms with Gasteiger partial charge in [0.2, 0.25) is 0 Å². The van der Waals surface area contributed by atoms with Crippen molar-refractivity contribution in [2.75, 3.05) is 0 Å². The summed E-state index contributed by atoms with van der Waals surface area (Å²) in [6.07, 6.45) is 0.595. The SMILES string of the molecule is CC(C)(C)[PH+]([B-]1c2ccccc2-c2ccccc21)C(C)(C)C. The van der Waals surface area contributed by atoms with E-state index in [1.807, 2.05) is 0 Å². The lowest BCUT2D eigenvalue weighted by Gasteiger charge is -2.46. The van der Waals surface area contributed by atoms with Crippen LogP contribution in [-0.2, 0) is 0 Å². The minimum atomic E-state index is -0.677. The van der Waals surface area contributed by atoms with Gasteiger partial charge in [-0.15, -0.1) is 0 Å². The van der Waals surface area contributed by atoms with E-state index < -0.39 is 7.80 Å². The molecule has 0 amide bonds. The van der Waals surface area contributed by atoms with E-state index in [9.17, 15) is 0 Å². The topological polar surface area (TPSA) is 0 Å². The van der Waals surface area contributed by atoms with E-state index in [1.165, 1.54) is 11.1 Å². The fourth-order valence-electron chi connectivity index (χ4n) is 4.46. The maximum absolute atomic E-state index is 2.44. The summed E-state index contributed by atoms with van der Waals surface area (Å²) >= 11 is 0. The lowest BCUT2D eigenvalue weighted by molar-refractivity contribution is 0.718. The summed E-state index contributed by atoms with van der Waals surface area (Å²) in [6.45, 7) is 14.6. The van der Waals surface area contributed by atoms with Crippen molar-refractivity contribution in [1.82, 2.24) is 0 Å². The highest BCUT2D eigenvalue weighted by Crippen LogP contribution is 2.61. The van der Waals surface area contributed by atoms with Crippen molar-refractivity contribution in [2.45, 2.75) is 51.9 Å². The number of hydrogen-bond acceptors (Lipinski definition) is 0. The molecule has 2 aromatic rings. The fraction of sp³-hybridized carbons (Fsp3) is 0.400. The van der Waals surface area contributed by atoms with Gasteiger partial charge in [-0.1, -0.05) is 59.7 Å². The molecule has 0 spiro atoms. The first-order valence-corrected chi connectivity index (χ1v) is 9.85. The molecule has 1 heterocycles. The monoisotopic (exact) mass is 309 g/mol. The largest absolute Gasteiger partial charge is 0.182 e. The van der Waals surface area contributed by atoms with E-state index in [2.05, 4.69) is 90.1 Å². The van der Waals surface area contributed by atoms with Crippen LogP contribution in [0.25, 0.3) is 11.1 Å². The summed E-state index contributed by atoms with van der Waals surface area (Å²) in [5, 5.41) is 0.719. The molecule has 0 N–H and O–H groups in total. The predicted molar refractivity (Wildman–Crippen MR) is 105 cm³/mol. The molecule has 0 aliphatic carbocycles. The molecule has 3 rings (SSSR count). The molecule has 0 saturated carbocycles. The summed E-state index contributed by atoms with van der Waals surface area (Å²) < 4.78 is 0. The summed E-state index contributed by atoms with van der Waals surface area (Å²) in [4.78, 5) is 0. The standard InChI is InChI=1S/C20H27BP/c1-19(2,3)22(20(4,5)6)21-17-13-9-7-11-15(17)16-12-8-10-14-18(16)21/h7-14,22H,1-6H3. The normalized spacial score (nSPS) is 15.0. The van der Waals surface area contributed by atoms with E-state index in [0.29, 0.717) is 16.7 Å². The van der Waals surface area contributed by atoms with Crippen molar-refractivity contribution in [2.24, 2.45) is 0 Å². The molecule has 0 unspecified atom stereocenters. The van der Waals surface area contributed by atoms with Crippen molar-refractivity contribution >= 4 is 25.2 Å². The third-order valence-corrected chi connectivity index (χ3v) is 9.17. The predicted octanol–water partition coefficient (Wildman–Crippen LogP) is 4.58. The molecule has 2 heteroatoms. The van der Waals surface area contributed by atoms with Crippen LogP contribution in [0.1, 0.15) is 41.5 Å². The number of benzene rings is 2. The van der Waals surface area contributed by atoms with Crippen LogP contribution in [0.2, 0.25) is 0 Å². The van der Waals surface area contributed by atoms with Gasteiger partial charge in [-0.25, -0.2) is 0 Å². The zero-order valence-corrected chi connectivity index (χ0v) is 15.7. The second-order valence-corrected chi connectivity index (χ2v) is 12.9. The van der Waals surface area contributed by atoms with E-state index in [-0.39, 0.29) is 0 Å². The van der Waals surface area contributed by atoms with Gasteiger partial charge in [-0.3, -0.25) is 0 Å². The van der Waals surface area contributed by atoms with Gasteiger partial charge in [0.15, 0.2) is 0 Å². The average molecular weight is 309 g/mol. The van der Waals surface area contributed by atoms with Crippen LogP contribution in [0, 0.1) is 0 Å². The van der Waals surface area contributed by atoms with Crippen molar-refractivity contribution in [3.05, 3.63) is 48.5 Å². The first-order chi connectivity index (χ1) is 10.2. The molecular formula is C20H27BP. The van der Waals surface area contributed by atoms with Crippen molar-refractivity contribution in [3.63, 3.8) is 0 Å². The lowest BCUT2D eigenvalue weighted by Crippen LogP contribution is -2.45. The molecular weight excluding hydrogens is 282 g/mol. The summed E-state index contributed by atoms with van der Waals surface area (Å²) in [5.41, 5.74) is 6.03. The maximum atomic E-state index is 2.44. The highest BCUT2D eigenvalue weighted by atomic mass is 31.1. The molecule has 1 radical (unpaired) electrons. The molecule has 115 valence electrons. The Morgan fingerprint density at radius 1 is 0.636 bits per heavy atom. The third-order valence-electron chi connectivity index (χ3n) is 4.74. The van der Waals surface area contributed by atoms with Gasteiger partial charge in [-0.2, -0.15) is 18.7 Å². The van der Waals surface area contributed by atoms with Gasteiger partial charge >= 0.3 is 0 Å². The zero-order valence-electron chi connectivity index (χ0n) is 14.7. The Labute approximate surface area is 137 Å². The quantitative estimate of drug-likeness (QED) is 0.534. The summed E-state index contributed by atoms with van der Waals surface area (Å²) in [5.74, 6) is 0. The first kappa shape index (κ1) is 15.8. The first-order valence-electron chi connectivity index (χ1n) is 8.27. The molecule has 0 atom stereocenters. The Balaban J connectivity index is 2.26. The third kappa shape index (κ3) is 2.54. The number of rotatable bonds is 1. The van der Waals surface area contributed by atoms with Crippen molar-refractivity contribution < 1.29 is 0 Å². The Bertz CT molecular complexity index is 632. The lowest BCUT2D eigenvalue weighted by atomic mass is 9.65. The molecule has 0 aromatic heterocycles. The molecule has 0 fully saturated rings. The van der Waals surface area contributed by atoms with E-state index in [0.717, 1.165) is 0 Å². The fourth-order valence-corrected chi connectivity index (χ4v) is 9.57. The number of fused-ring (bicyclic) bond motifs is 3. The Kier molecular flexibility index (Phi) is 3.77. The van der Waals surface area contributed by atoms with Gasteiger partial charge in [0.05, 0.1) is 0 Å². The van der Waals surface area contributed by atoms with Gasteiger partial charge < -0.3 is 0 Å². The number of hydrogen-bond donors (Lipinski definition) is 0. The second-order valence-electron chi connectivity index (χ2n) is 8.52. The van der Waals surface area contributed by atoms with E-state index >= 15 is 0 Å². The Morgan fingerprint density at radius 3 is 1.36 bits per heavy atom. The Hall–Kier alpha value is -1.07. The minimum absolute atomic E-state index is 0.359. The molecule has 1 aliphatic heterocycles.